The van der Waals surface area contributed by atoms with Crippen molar-refractivity contribution in [3.05, 3.63) is 0 Å². The van der Waals surface area contributed by atoms with Crippen LogP contribution in [0.2, 0.25) is 0 Å². The van der Waals surface area contributed by atoms with Crippen LogP contribution < -0.4 is 0 Å². The van der Waals surface area contributed by atoms with Crippen LogP contribution in [0.1, 0.15) is 65.7 Å². The number of aliphatic hydroxyl groups is 1. The highest BCUT2D eigenvalue weighted by Crippen LogP contribution is 2.69. The van der Waals surface area contributed by atoms with Crippen molar-refractivity contribution in [1.82, 2.24) is 0 Å². The summed E-state index contributed by atoms with van der Waals surface area (Å²) in [5, 5.41) is 25.7. The molecule has 2 heterocycles. The molecule has 4 saturated carbocycles. The van der Waals surface area contributed by atoms with E-state index in [0.29, 0.717) is 50.6 Å². The van der Waals surface area contributed by atoms with Gasteiger partial charge in [0.25, 0.3) is 0 Å². The fourth-order valence-electron chi connectivity index (χ4n) is 9.65. The van der Waals surface area contributed by atoms with E-state index in [1.54, 1.807) is 0 Å². The molecule has 6 fully saturated rings. The zero-order chi connectivity index (χ0) is 22.4. The predicted molar refractivity (Wildman–Crippen MR) is 116 cm³/mol. The quantitative estimate of drug-likeness (QED) is 0.470. The van der Waals surface area contributed by atoms with Gasteiger partial charge >= 0.3 is 0 Å². The topological polar surface area (TPSA) is 89.7 Å². The first-order valence-corrected chi connectivity index (χ1v) is 12.7. The van der Waals surface area contributed by atoms with E-state index < -0.39 is 17.7 Å². The van der Waals surface area contributed by atoms with Crippen LogP contribution in [0.25, 0.3) is 0 Å². The molecule has 0 bridgehead atoms. The number of hydrogen-bond donors (Lipinski definition) is 2. The van der Waals surface area contributed by atoms with Gasteiger partial charge in [-0.15, -0.1) is 0 Å². The smallest absolute Gasteiger partial charge is 0.174 e. The van der Waals surface area contributed by atoms with Crippen molar-refractivity contribution >= 4 is 5.71 Å². The van der Waals surface area contributed by atoms with E-state index in [0.717, 1.165) is 44.2 Å². The molecule has 7 nitrogen and oxygen atoms in total. The zero-order valence-electron chi connectivity index (χ0n) is 19.7. The Hall–Kier alpha value is -0.730. The monoisotopic (exact) mass is 449 g/mol. The molecule has 4 aliphatic carbocycles. The molecule has 6 aliphatic rings. The van der Waals surface area contributed by atoms with Gasteiger partial charge in [-0.25, -0.2) is 0 Å². The molecule has 2 N–H and O–H groups in total. The average molecular weight is 450 g/mol. The third kappa shape index (κ3) is 2.75. The highest BCUT2D eigenvalue weighted by Gasteiger charge is 2.68. The third-order valence-electron chi connectivity index (χ3n) is 10.9. The lowest BCUT2D eigenvalue weighted by atomic mass is 9.43. The molecule has 7 heteroatoms. The summed E-state index contributed by atoms with van der Waals surface area (Å²) in [6.45, 7) is 9.23. The maximum Gasteiger partial charge on any atom is 0.174 e. The Morgan fingerprint density at radius 2 is 1.56 bits per heavy atom. The van der Waals surface area contributed by atoms with Crippen molar-refractivity contribution in [2.45, 2.75) is 83.4 Å². The summed E-state index contributed by atoms with van der Waals surface area (Å²) < 4.78 is 24.3. The summed E-state index contributed by atoms with van der Waals surface area (Å²) in [5.41, 5.74) is 0.422. The SMILES string of the molecule is CC1([C@@H]2CC[C@H]3[C@@H]4CC[C@@H]5CC6(C/C(=N/O)[C@]5(C)[C@H]4[C@H](O)C[C@]32C)OCCO6)OCCO1. The minimum absolute atomic E-state index is 0.00699. The van der Waals surface area contributed by atoms with Gasteiger partial charge in [0.05, 0.1) is 38.2 Å². The van der Waals surface area contributed by atoms with Gasteiger partial charge in [-0.1, -0.05) is 19.0 Å². The molecule has 0 aromatic heterocycles. The number of rotatable bonds is 1. The molecule has 6 rings (SSSR count). The second-order valence-corrected chi connectivity index (χ2v) is 12.0. The van der Waals surface area contributed by atoms with Crippen molar-refractivity contribution in [1.29, 1.82) is 0 Å². The van der Waals surface area contributed by atoms with E-state index in [9.17, 15) is 10.3 Å². The molecule has 0 aromatic carbocycles. The van der Waals surface area contributed by atoms with E-state index in [1.807, 2.05) is 0 Å². The van der Waals surface area contributed by atoms with E-state index in [-0.39, 0.29) is 22.7 Å². The summed E-state index contributed by atoms with van der Waals surface area (Å²) in [6.07, 6.45) is 6.03. The molecule has 32 heavy (non-hydrogen) atoms. The maximum absolute atomic E-state index is 11.8. The molecule has 8 atom stereocenters. The Morgan fingerprint density at radius 3 is 2.25 bits per heavy atom. The number of oxime groups is 1. The lowest BCUT2D eigenvalue weighted by molar-refractivity contribution is -0.233. The molecule has 180 valence electrons. The molecule has 1 spiro atoms. The van der Waals surface area contributed by atoms with Gasteiger partial charge in [-0.2, -0.15) is 0 Å². The zero-order valence-corrected chi connectivity index (χ0v) is 19.7. The molecule has 2 saturated heterocycles. The standard InChI is InChI=1S/C25H39NO6/c1-22-13-18(27)21-16(17(22)6-7-19(22)24(3)29-8-9-30-24)5-4-15-12-25(31-10-11-32-25)14-20(26-28)23(15,21)2/h15-19,21,27-28H,4-14H2,1-3H3/b26-20-/t15-,16+,17+,18-,19-,21-,22-,23-/m1/s1. The Labute approximate surface area is 190 Å². The van der Waals surface area contributed by atoms with Crippen molar-refractivity contribution in [3.8, 4) is 0 Å². The normalized spacial score (nSPS) is 52.7. The first-order valence-electron chi connectivity index (χ1n) is 12.7. The summed E-state index contributed by atoms with van der Waals surface area (Å²) in [5.74, 6) is 0.441. The summed E-state index contributed by atoms with van der Waals surface area (Å²) >= 11 is 0. The number of hydrogen-bond acceptors (Lipinski definition) is 7. The van der Waals surface area contributed by atoms with Gasteiger partial charge < -0.3 is 29.3 Å². The Morgan fingerprint density at radius 1 is 0.875 bits per heavy atom. The van der Waals surface area contributed by atoms with Gasteiger partial charge in [-0.05, 0) is 68.1 Å². The lowest BCUT2D eigenvalue weighted by Gasteiger charge is -2.63. The summed E-state index contributed by atoms with van der Waals surface area (Å²) in [4.78, 5) is 0. The minimum Gasteiger partial charge on any atom is -0.411 e. The molecular formula is C25H39NO6. The Bertz CT molecular complexity index is 789. The fraction of sp³-hybridized carbons (Fsp3) is 0.960. The number of nitrogens with zero attached hydrogens (tertiary/aromatic N) is 1. The van der Waals surface area contributed by atoms with Gasteiger partial charge in [-0.3, -0.25) is 0 Å². The van der Waals surface area contributed by atoms with Crippen molar-refractivity contribution in [3.63, 3.8) is 0 Å². The fourth-order valence-corrected chi connectivity index (χ4v) is 9.65. The Kier molecular flexibility index (Phi) is 4.86. The molecule has 0 aromatic rings. The molecule has 0 amide bonds. The van der Waals surface area contributed by atoms with Gasteiger partial charge in [0.1, 0.15) is 0 Å². The van der Waals surface area contributed by atoms with Gasteiger partial charge in [0.15, 0.2) is 11.6 Å². The van der Waals surface area contributed by atoms with Crippen molar-refractivity contribution in [2.24, 2.45) is 45.6 Å². The van der Waals surface area contributed by atoms with Crippen LogP contribution >= 0.6 is 0 Å². The van der Waals surface area contributed by atoms with Gasteiger partial charge in [0.2, 0.25) is 0 Å². The van der Waals surface area contributed by atoms with E-state index >= 15 is 0 Å². The minimum atomic E-state index is -0.642. The Balaban J connectivity index is 1.34. The van der Waals surface area contributed by atoms with Crippen LogP contribution in [0.3, 0.4) is 0 Å². The number of fused-ring (bicyclic) bond motifs is 5. The first kappa shape index (κ1) is 21.8. The molecule has 0 radical (unpaired) electrons. The molecular weight excluding hydrogens is 410 g/mol. The highest BCUT2D eigenvalue weighted by atomic mass is 16.7. The number of ether oxygens (including phenoxy) is 4. The van der Waals surface area contributed by atoms with Crippen molar-refractivity contribution < 1.29 is 29.3 Å². The molecule has 0 unspecified atom stereocenters. The van der Waals surface area contributed by atoms with E-state index in [4.69, 9.17) is 18.9 Å². The predicted octanol–water partition coefficient (Wildman–Crippen LogP) is 3.56. The first-order chi connectivity index (χ1) is 15.3. The highest BCUT2D eigenvalue weighted by molar-refractivity contribution is 5.92. The van der Waals surface area contributed by atoms with Crippen LogP contribution in [0.4, 0.5) is 0 Å². The third-order valence-corrected chi connectivity index (χ3v) is 10.9. The van der Waals surface area contributed by atoms with Crippen molar-refractivity contribution in [2.75, 3.05) is 26.4 Å². The maximum atomic E-state index is 11.8. The second kappa shape index (κ2) is 7.14. The number of aliphatic hydroxyl groups excluding tert-OH is 1. The summed E-state index contributed by atoms with van der Waals surface area (Å²) in [7, 11) is 0. The van der Waals surface area contributed by atoms with Crippen LogP contribution in [-0.4, -0.2) is 60.1 Å². The molecule has 2 aliphatic heterocycles. The summed E-state index contributed by atoms with van der Waals surface area (Å²) in [6, 6.07) is 0. The largest absolute Gasteiger partial charge is 0.411 e. The van der Waals surface area contributed by atoms with E-state index in [1.165, 1.54) is 0 Å². The van der Waals surface area contributed by atoms with Crippen LogP contribution in [0.15, 0.2) is 5.16 Å². The van der Waals surface area contributed by atoms with Crippen LogP contribution in [0, 0.1) is 40.4 Å². The van der Waals surface area contributed by atoms with Crippen LogP contribution in [0.5, 0.6) is 0 Å². The average Bonchev–Trinajstić information content (AvgIpc) is 3.47. The van der Waals surface area contributed by atoms with E-state index in [2.05, 4.69) is 25.9 Å². The van der Waals surface area contributed by atoms with Gasteiger partial charge in [0, 0.05) is 24.2 Å². The van der Waals surface area contributed by atoms with Crippen LogP contribution in [-0.2, 0) is 18.9 Å². The lowest BCUT2D eigenvalue weighted by Crippen LogP contribution is -2.64. The second-order valence-electron chi connectivity index (χ2n) is 12.0.